The highest BCUT2D eigenvalue weighted by atomic mass is 19.1. The molecular weight excluding hydrogens is 523 g/mol. The van der Waals surface area contributed by atoms with E-state index in [1.54, 1.807) is 6.92 Å². The smallest absolute Gasteiger partial charge is 0.305 e. The second-order valence-corrected chi connectivity index (χ2v) is 8.27. The molecule has 1 unspecified atom stereocenters. The van der Waals surface area contributed by atoms with Crippen LogP contribution in [0.3, 0.4) is 0 Å². The summed E-state index contributed by atoms with van der Waals surface area (Å²) in [7, 11) is 1.40. The molecule has 1 atom stereocenters. The first-order valence-corrected chi connectivity index (χ1v) is 12.2. The van der Waals surface area contributed by atoms with Crippen molar-refractivity contribution in [3.05, 3.63) is 83.4 Å². The van der Waals surface area contributed by atoms with Gasteiger partial charge < -0.3 is 29.8 Å². The number of esters is 2. The molecule has 1 amide bonds. The monoisotopic (exact) mass is 558 g/mol. The Bertz CT molecular complexity index is 1200. The first kappa shape index (κ1) is 33.4. The van der Waals surface area contributed by atoms with Crippen LogP contribution in [0.1, 0.15) is 48.8 Å². The average Bonchev–Trinajstić information content (AvgIpc) is 2.92. The molecule has 2 aromatic carbocycles. The molecule has 1 heterocycles. The fraction of sp³-hybridized carbons (Fsp3) is 0.310. The van der Waals surface area contributed by atoms with Gasteiger partial charge in [-0.3, -0.25) is 14.4 Å². The van der Waals surface area contributed by atoms with Crippen LogP contribution in [0, 0.1) is 12.7 Å². The van der Waals surface area contributed by atoms with Crippen molar-refractivity contribution in [2.45, 2.75) is 46.6 Å². The summed E-state index contributed by atoms with van der Waals surface area (Å²) in [5, 5.41) is 8.59. The molecule has 0 radical (unpaired) electrons. The lowest BCUT2D eigenvalue weighted by Gasteiger charge is -2.12. The number of primary amides is 1. The predicted octanol–water partition coefficient (Wildman–Crippen LogP) is 4.50. The van der Waals surface area contributed by atoms with Gasteiger partial charge in [0.15, 0.2) is 17.2 Å². The number of carbonyl (C=O) groups is 3. The molecular formula is C29H35FN2O8. The van der Waals surface area contributed by atoms with Crippen LogP contribution in [-0.4, -0.2) is 47.9 Å². The standard InChI is InChI=1S/C13H18O2.C10H12N2O5.C6H5FO/c1-4-13(14)15-11(3)9-12-7-5-10(2)6-8-12;1-6(13)16-5-17-9-7(15-2)3-4-12-8(9)10(11)14;7-5-1-3-6(8)4-2-5/h5-8,11H,4,9H2,1-3H3;3-4H,5H2,1-2H3,(H2,11,14);1-4,8H. The van der Waals surface area contributed by atoms with Crippen molar-refractivity contribution in [3.63, 3.8) is 0 Å². The van der Waals surface area contributed by atoms with E-state index in [4.69, 9.17) is 25.1 Å². The number of hydrogen-bond acceptors (Lipinski definition) is 9. The number of amides is 1. The zero-order valence-electron chi connectivity index (χ0n) is 23.2. The Hall–Kier alpha value is -4.67. The van der Waals surface area contributed by atoms with Gasteiger partial charge in [-0.1, -0.05) is 36.8 Å². The maximum Gasteiger partial charge on any atom is 0.305 e. The van der Waals surface area contributed by atoms with Gasteiger partial charge in [0.05, 0.1) is 7.11 Å². The number of aromatic hydroxyl groups is 1. The number of nitrogens with zero attached hydrogens (tertiary/aromatic N) is 1. The van der Waals surface area contributed by atoms with Gasteiger partial charge in [0, 0.05) is 32.0 Å². The summed E-state index contributed by atoms with van der Waals surface area (Å²) in [6.07, 6.45) is 2.54. The number of pyridine rings is 1. The van der Waals surface area contributed by atoms with Gasteiger partial charge in [0.1, 0.15) is 17.7 Å². The number of phenols is 1. The molecule has 0 spiro atoms. The van der Waals surface area contributed by atoms with Gasteiger partial charge in [-0.2, -0.15) is 0 Å². The topological polar surface area (TPSA) is 147 Å². The van der Waals surface area contributed by atoms with Crippen molar-refractivity contribution >= 4 is 17.8 Å². The van der Waals surface area contributed by atoms with Gasteiger partial charge in [-0.25, -0.2) is 9.37 Å². The van der Waals surface area contributed by atoms with E-state index in [9.17, 15) is 18.8 Å². The molecule has 11 heteroatoms. The molecule has 1 aromatic heterocycles. The van der Waals surface area contributed by atoms with Crippen molar-refractivity contribution in [2.24, 2.45) is 5.73 Å². The second kappa shape index (κ2) is 17.8. The molecule has 0 bridgehead atoms. The molecule has 0 saturated carbocycles. The molecule has 216 valence electrons. The van der Waals surface area contributed by atoms with Gasteiger partial charge in [-0.05, 0) is 43.7 Å². The number of benzene rings is 2. The number of ether oxygens (including phenoxy) is 4. The van der Waals surface area contributed by atoms with Crippen molar-refractivity contribution in [2.75, 3.05) is 13.9 Å². The Morgan fingerprint density at radius 3 is 2.17 bits per heavy atom. The number of methoxy groups -OCH3 is 1. The summed E-state index contributed by atoms with van der Waals surface area (Å²) in [5.41, 5.74) is 7.49. The van der Waals surface area contributed by atoms with Crippen LogP contribution < -0.4 is 15.2 Å². The van der Waals surface area contributed by atoms with E-state index in [0.29, 0.717) is 6.42 Å². The lowest BCUT2D eigenvalue weighted by Crippen LogP contribution is -2.17. The molecule has 0 aliphatic carbocycles. The largest absolute Gasteiger partial charge is 0.508 e. The zero-order chi connectivity index (χ0) is 30.1. The SMILES string of the molecule is CCC(=O)OC(C)Cc1ccc(C)cc1.COc1ccnc(C(N)=O)c1OCOC(C)=O.Oc1ccc(F)cc1. The Kier molecular flexibility index (Phi) is 14.8. The van der Waals surface area contributed by atoms with Crippen LogP contribution in [0.25, 0.3) is 0 Å². The van der Waals surface area contributed by atoms with E-state index in [-0.39, 0.29) is 47.6 Å². The number of rotatable bonds is 9. The molecule has 3 rings (SSSR count). The summed E-state index contributed by atoms with van der Waals surface area (Å²) in [5.74, 6) is -1.32. The minimum Gasteiger partial charge on any atom is -0.508 e. The van der Waals surface area contributed by atoms with E-state index >= 15 is 0 Å². The third-order valence-electron chi connectivity index (χ3n) is 4.88. The third kappa shape index (κ3) is 13.2. The Balaban J connectivity index is 0.000000318. The average molecular weight is 559 g/mol. The minimum atomic E-state index is -0.762. The van der Waals surface area contributed by atoms with Gasteiger partial charge in [0.2, 0.25) is 6.79 Å². The van der Waals surface area contributed by atoms with Crippen LogP contribution in [0.2, 0.25) is 0 Å². The maximum absolute atomic E-state index is 12.0. The Labute approximate surface area is 232 Å². The number of hydrogen-bond donors (Lipinski definition) is 2. The first-order chi connectivity index (χ1) is 19.0. The van der Waals surface area contributed by atoms with Crippen molar-refractivity contribution in [1.82, 2.24) is 4.98 Å². The normalized spacial score (nSPS) is 10.4. The van der Waals surface area contributed by atoms with Crippen molar-refractivity contribution in [3.8, 4) is 17.2 Å². The summed E-state index contributed by atoms with van der Waals surface area (Å²) >= 11 is 0. The summed E-state index contributed by atoms with van der Waals surface area (Å²) in [4.78, 5) is 36.5. The van der Waals surface area contributed by atoms with E-state index in [0.717, 1.165) is 6.42 Å². The predicted molar refractivity (Wildman–Crippen MR) is 145 cm³/mol. The number of halogens is 1. The van der Waals surface area contributed by atoms with Gasteiger partial charge in [-0.15, -0.1) is 0 Å². The molecule has 0 fully saturated rings. The van der Waals surface area contributed by atoms with E-state index < -0.39 is 11.9 Å². The highest BCUT2D eigenvalue weighted by Crippen LogP contribution is 2.29. The lowest BCUT2D eigenvalue weighted by molar-refractivity contribution is -0.148. The molecule has 3 N–H and O–H groups in total. The van der Waals surface area contributed by atoms with Crippen LogP contribution in [0.4, 0.5) is 4.39 Å². The maximum atomic E-state index is 12.0. The van der Waals surface area contributed by atoms with Crippen LogP contribution >= 0.6 is 0 Å². The summed E-state index contributed by atoms with van der Waals surface area (Å²) in [6, 6.07) is 14.8. The molecule has 10 nitrogen and oxygen atoms in total. The van der Waals surface area contributed by atoms with E-state index in [1.165, 1.54) is 61.7 Å². The highest BCUT2D eigenvalue weighted by Gasteiger charge is 2.16. The quantitative estimate of drug-likeness (QED) is 0.286. The van der Waals surface area contributed by atoms with Crippen LogP contribution in [-0.2, 0) is 25.5 Å². The summed E-state index contributed by atoms with van der Waals surface area (Å²) < 4.78 is 31.8. The van der Waals surface area contributed by atoms with E-state index in [2.05, 4.69) is 40.9 Å². The first-order valence-electron chi connectivity index (χ1n) is 12.2. The molecule has 0 aliphatic heterocycles. The van der Waals surface area contributed by atoms with Crippen LogP contribution in [0.15, 0.2) is 60.8 Å². The molecule has 3 aromatic rings. The Morgan fingerprint density at radius 1 is 1.05 bits per heavy atom. The number of aryl methyl sites for hydroxylation is 1. The van der Waals surface area contributed by atoms with Gasteiger partial charge >= 0.3 is 11.9 Å². The number of aromatic nitrogens is 1. The Morgan fingerprint density at radius 2 is 1.68 bits per heavy atom. The van der Waals surface area contributed by atoms with Crippen LogP contribution in [0.5, 0.6) is 17.2 Å². The van der Waals surface area contributed by atoms with Crippen molar-refractivity contribution < 1.29 is 42.8 Å². The number of nitrogens with two attached hydrogens (primary N) is 1. The van der Waals surface area contributed by atoms with Gasteiger partial charge in [0.25, 0.3) is 5.91 Å². The lowest BCUT2D eigenvalue weighted by atomic mass is 10.1. The second-order valence-electron chi connectivity index (χ2n) is 8.27. The number of phenolic OH excluding ortho intramolecular Hbond substituents is 1. The third-order valence-corrected chi connectivity index (χ3v) is 4.88. The molecule has 0 saturated heterocycles. The number of carbonyl (C=O) groups excluding carboxylic acids is 3. The fourth-order valence-corrected chi connectivity index (χ4v) is 2.92. The summed E-state index contributed by atoms with van der Waals surface area (Å²) in [6.45, 7) is 6.68. The molecule has 40 heavy (non-hydrogen) atoms. The fourth-order valence-electron chi connectivity index (χ4n) is 2.92. The molecule has 0 aliphatic rings. The van der Waals surface area contributed by atoms with Crippen molar-refractivity contribution in [1.29, 1.82) is 0 Å². The zero-order valence-corrected chi connectivity index (χ0v) is 23.2. The van der Waals surface area contributed by atoms with E-state index in [1.807, 2.05) is 6.92 Å². The minimum absolute atomic E-state index is 0.0415. The highest BCUT2D eigenvalue weighted by molar-refractivity contribution is 5.94.